The maximum Gasteiger partial charge on any atom is 0.410 e. The minimum atomic E-state index is -1.66. The molecule has 66 heavy (non-hydrogen) atoms. The molecule has 4 heterocycles. The quantitative estimate of drug-likeness (QED) is 0.132. The number of hydrogen-bond acceptors (Lipinski definition) is 14. The number of aliphatic hydroxyl groups excluding tert-OH is 1. The van der Waals surface area contributed by atoms with Gasteiger partial charge >= 0.3 is 24.2 Å². The summed E-state index contributed by atoms with van der Waals surface area (Å²) in [7, 11) is 1.62. The van der Waals surface area contributed by atoms with Crippen LogP contribution >= 0.6 is 0 Å². The van der Waals surface area contributed by atoms with Crippen LogP contribution in [0.3, 0.4) is 0 Å². The molecule has 16 atom stereocenters. The number of hydrogen-bond donors (Lipinski definition) is 3. The molecule has 0 radical (unpaired) electrons. The lowest BCUT2D eigenvalue weighted by Gasteiger charge is -2.51. The second-order valence-electron chi connectivity index (χ2n) is 18.1. The second-order valence-corrected chi connectivity index (χ2v) is 18.1. The highest BCUT2D eigenvalue weighted by Crippen LogP contribution is 2.43. The fourth-order valence-electron chi connectivity index (χ4n) is 9.81. The van der Waals surface area contributed by atoms with Crippen molar-refractivity contribution in [1.82, 2.24) is 15.5 Å². The Morgan fingerprint density at radius 2 is 1.24 bits per heavy atom. The van der Waals surface area contributed by atoms with Crippen molar-refractivity contribution < 1.29 is 66.9 Å². The van der Waals surface area contributed by atoms with Crippen molar-refractivity contribution in [2.45, 2.75) is 146 Å². The summed E-state index contributed by atoms with van der Waals surface area (Å²) in [5.74, 6) is -0.705. The van der Waals surface area contributed by atoms with Gasteiger partial charge in [0, 0.05) is 18.9 Å². The lowest BCUT2D eigenvalue weighted by Crippen LogP contribution is -2.68. The monoisotopic (exact) mass is 915 g/mol. The molecule has 0 spiro atoms. The second kappa shape index (κ2) is 21.1. The van der Waals surface area contributed by atoms with Gasteiger partial charge in [0.05, 0.1) is 29.9 Å². The third-order valence-electron chi connectivity index (χ3n) is 13.3. The van der Waals surface area contributed by atoms with E-state index in [-0.39, 0.29) is 43.1 Å². The van der Waals surface area contributed by atoms with E-state index in [0.29, 0.717) is 12.3 Å². The molecule has 8 rings (SSSR count). The fraction of sp³-hybridized carbons (Fsp3) is 0.551. The molecule has 3 aromatic carbocycles. The lowest BCUT2D eigenvalue weighted by atomic mass is 9.83. The maximum atomic E-state index is 13.7. The van der Waals surface area contributed by atoms with E-state index in [9.17, 15) is 24.3 Å². The predicted molar refractivity (Wildman–Crippen MR) is 234 cm³/mol. The van der Waals surface area contributed by atoms with Gasteiger partial charge in [-0.05, 0) is 54.9 Å². The van der Waals surface area contributed by atoms with Gasteiger partial charge in [0.2, 0.25) is 0 Å². The molecule has 1 aliphatic carbocycles. The number of amides is 3. The minimum absolute atomic E-state index is 0.0219. The van der Waals surface area contributed by atoms with E-state index in [1.807, 2.05) is 55.5 Å². The minimum Gasteiger partial charge on any atom is -0.454 e. The third-order valence-corrected chi connectivity index (χ3v) is 13.3. The van der Waals surface area contributed by atoms with Crippen LogP contribution in [0.4, 0.5) is 14.4 Å². The molecular formula is C49H61N3O14. The Kier molecular flexibility index (Phi) is 15.1. The van der Waals surface area contributed by atoms with Crippen LogP contribution in [0, 0.1) is 17.8 Å². The zero-order valence-corrected chi connectivity index (χ0v) is 37.8. The SMILES string of the molecule is CCC1O[C@H](OC2O[C@H]3C[C@H](C)[C@@H](O[C@@H]4C(NC(=O)OCc5ccccc5)C[C@@H](NC(=O)OCc5ccccc5)C(OC(=O)c5ccccc5)[C@H]4O)OC3C3OC(=O)N(C)C23)C(C)C[C@@H]1C. The van der Waals surface area contributed by atoms with Gasteiger partial charge in [-0.3, -0.25) is 4.90 Å². The molecule has 3 amide bonds. The molecule has 356 valence electrons. The molecule has 17 nitrogen and oxygen atoms in total. The highest BCUT2D eigenvalue weighted by atomic mass is 16.8. The molecular weight excluding hydrogens is 855 g/mol. The zero-order chi connectivity index (χ0) is 46.5. The number of alkyl carbamates (subject to hydrolysis) is 2. The highest BCUT2D eigenvalue weighted by molar-refractivity contribution is 5.89. The van der Waals surface area contributed by atoms with Crippen LogP contribution in [-0.4, -0.2) is 121 Å². The summed E-state index contributed by atoms with van der Waals surface area (Å²) in [4.78, 5) is 55.3. The Bertz CT molecular complexity index is 2100. The first-order valence-electron chi connectivity index (χ1n) is 23.0. The highest BCUT2D eigenvalue weighted by Gasteiger charge is 2.60. The maximum absolute atomic E-state index is 13.7. The summed E-state index contributed by atoms with van der Waals surface area (Å²) in [6.07, 6.45) is -9.25. The van der Waals surface area contributed by atoms with Crippen molar-refractivity contribution in [2.24, 2.45) is 17.8 Å². The van der Waals surface area contributed by atoms with Gasteiger partial charge in [-0.15, -0.1) is 0 Å². The lowest BCUT2D eigenvalue weighted by molar-refractivity contribution is -0.367. The molecule has 3 N–H and O–H groups in total. The first-order chi connectivity index (χ1) is 31.9. The number of fused-ring (bicyclic) bond motifs is 3. The van der Waals surface area contributed by atoms with Crippen molar-refractivity contribution in [3.8, 4) is 0 Å². The number of ether oxygens (including phenoxy) is 9. The molecule has 4 saturated heterocycles. The number of carbonyl (C=O) groups excluding carboxylic acids is 4. The fourth-order valence-corrected chi connectivity index (χ4v) is 9.81. The summed E-state index contributed by atoms with van der Waals surface area (Å²) in [6.45, 7) is 8.14. The smallest absolute Gasteiger partial charge is 0.410 e. The van der Waals surface area contributed by atoms with Crippen LogP contribution in [0.1, 0.15) is 74.9 Å². The van der Waals surface area contributed by atoms with Crippen LogP contribution in [0.15, 0.2) is 91.0 Å². The number of rotatable bonds is 13. The van der Waals surface area contributed by atoms with Crippen molar-refractivity contribution in [3.05, 3.63) is 108 Å². The average Bonchev–Trinajstić information content (AvgIpc) is 3.62. The predicted octanol–water partition coefficient (Wildman–Crippen LogP) is 6.06. The van der Waals surface area contributed by atoms with E-state index < -0.39 is 97.9 Å². The van der Waals surface area contributed by atoms with Gasteiger partial charge in [-0.2, -0.15) is 0 Å². The number of esters is 1. The normalized spacial score (nSPS) is 35.1. The topological polar surface area (TPSA) is 199 Å². The first-order valence-corrected chi connectivity index (χ1v) is 23.0. The van der Waals surface area contributed by atoms with Gasteiger partial charge in [-0.25, -0.2) is 19.2 Å². The van der Waals surface area contributed by atoms with E-state index in [0.717, 1.165) is 24.0 Å². The Morgan fingerprint density at radius 3 is 1.85 bits per heavy atom. The zero-order valence-electron chi connectivity index (χ0n) is 37.8. The Morgan fingerprint density at radius 1 is 0.682 bits per heavy atom. The summed E-state index contributed by atoms with van der Waals surface area (Å²) >= 11 is 0. The van der Waals surface area contributed by atoms with Crippen LogP contribution in [0.2, 0.25) is 0 Å². The van der Waals surface area contributed by atoms with Gasteiger partial charge in [0.1, 0.15) is 37.6 Å². The Balaban J connectivity index is 1.03. The molecule has 5 fully saturated rings. The van der Waals surface area contributed by atoms with Crippen molar-refractivity contribution in [3.63, 3.8) is 0 Å². The molecule has 8 unspecified atom stereocenters. The van der Waals surface area contributed by atoms with Gasteiger partial charge in [-0.1, -0.05) is 107 Å². The molecule has 0 aromatic heterocycles. The summed E-state index contributed by atoms with van der Waals surface area (Å²) in [6, 6.07) is 23.6. The molecule has 3 aromatic rings. The molecule has 5 aliphatic rings. The third kappa shape index (κ3) is 10.8. The molecule has 1 saturated carbocycles. The number of carbonyl (C=O) groups is 4. The average molecular weight is 916 g/mol. The Labute approximate surface area is 384 Å². The van der Waals surface area contributed by atoms with Crippen molar-refractivity contribution >= 4 is 24.2 Å². The van der Waals surface area contributed by atoms with E-state index >= 15 is 0 Å². The largest absolute Gasteiger partial charge is 0.454 e. The van der Waals surface area contributed by atoms with Gasteiger partial charge in [0.25, 0.3) is 0 Å². The van der Waals surface area contributed by atoms with Gasteiger partial charge < -0.3 is 58.4 Å². The number of nitrogens with one attached hydrogen (secondary N) is 2. The van der Waals surface area contributed by atoms with Crippen LogP contribution in [0.5, 0.6) is 0 Å². The number of aliphatic hydroxyl groups is 1. The summed E-state index contributed by atoms with van der Waals surface area (Å²) in [5, 5.41) is 18.0. The van der Waals surface area contributed by atoms with Gasteiger partial charge in [0.15, 0.2) is 31.1 Å². The molecule has 4 aliphatic heterocycles. The van der Waals surface area contributed by atoms with E-state index in [4.69, 9.17) is 42.6 Å². The summed E-state index contributed by atoms with van der Waals surface area (Å²) in [5.41, 5.74) is 1.70. The van der Waals surface area contributed by atoms with Crippen LogP contribution < -0.4 is 10.6 Å². The number of benzene rings is 3. The Hall–Kier alpha value is -5.30. The summed E-state index contributed by atoms with van der Waals surface area (Å²) < 4.78 is 56.2. The van der Waals surface area contributed by atoms with Crippen molar-refractivity contribution in [2.75, 3.05) is 7.05 Å². The van der Waals surface area contributed by atoms with Crippen LogP contribution in [0.25, 0.3) is 0 Å². The van der Waals surface area contributed by atoms with E-state index in [2.05, 4.69) is 31.4 Å². The van der Waals surface area contributed by atoms with Crippen LogP contribution in [-0.2, 0) is 55.8 Å². The molecule has 17 heteroatoms. The van der Waals surface area contributed by atoms with E-state index in [1.54, 1.807) is 49.5 Å². The molecule has 0 bridgehead atoms. The number of nitrogens with zero attached hydrogens (tertiary/aromatic N) is 1. The first kappa shape index (κ1) is 47.2. The standard InChI is InChI=1S/C49H61N3O14/c1-6-35-27(2)22-28(3)44(60-35)66-46-37-42(65-49(57)52(37)5)41-36(61-46)23-29(4)45(64-41)63-40-34(51-48(56)59-26-31-18-12-8-13-19-31)24-33(50-47(55)58-25-30-16-10-7-11-17-30)39(38(40)53)62-43(54)32-20-14-9-15-21-32/h7-21,27-29,33-42,44-46,53H,6,22-26H2,1-5H3,(H,50,55)(H,51,56)/t27-,28?,29-,33+,34?,35?,36-,37?,38+,39?,40+,41?,42?,44+,45-,46?/m0/s1. The van der Waals surface area contributed by atoms with Crippen molar-refractivity contribution in [1.29, 1.82) is 0 Å². The van der Waals surface area contributed by atoms with E-state index in [1.165, 1.54) is 4.90 Å². The number of likely N-dealkylation sites (N-methyl/N-ethyl adjacent to an activating group) is 1.